The normalized spacial score (nSPS) is 30.6. The Balaban J connectivity index is 1.56. The number of likely N-dealkylation sites (tertiary alicyclic amines) is 1. The molecule has 1 unspecified atom stereocenters. The third-order valence-corrected chi connectivity index (χ3v) is 5.76. The maximum Gasteiger partial charge on any atom is 0.225 e. The smallest absolute Gasteiger partial charge is 0.225 e. The van der Waals surface area contributed by atoms with Gasteiger partial charge in [0, 0.05) is 32.4 Å². The standard InChI is InChI=1S/C18H26N4O3/c1-22-7-6-11(10-22)16(23)21-18-8-12(9-18)19-15-13(18)4-5-14(20-15)17(24-2)25-3/h4-5,11-12,17H,6-10H2,1-3H3,(H,19,20)(H,21,23). The van der Waals surface area contributed by atoms with E-state index in [9.17, 15) is 4.79 Å². The molecule has 1 saturated heterocycles. The fourth-order valence-corrected chi connectivity index (χ4v) is 4.39. The number of amides is 1. The number of hydrogen-bond acceptors (Lipinski definition) is 6. The van der Waals surface area contributed by atoms with E-state index < -0.39 is 6.29 Å². The lowest BCUT2D eigenvalue weighted by Gasteiger charge is -2.53. The van der Waals surface area contributed by atoms with Crippen LogP contribution in [0.25, 0.3) is 0 Å². The van der Waals surface area contributed by atoms with Gasteiger partial charge in [0.25, 0.3) is 0 Å². The first-order valence-electron chi connectivity index (χ1n) is 8.89. The average molecular weight is 346 g/mol. The number of anilines is 1. The van der Waals surface area contributed by atoms with Crippen molar-refractivity contribution in [1.29, 1.82) is 0 Å². The zero-order valence-electron chi connectivity index (χ0n) is 15.0. The molecule has 0 radical (unpaired) electrons. The van der Waals surface area contributed by atoms with Gasteiger partial charge < -0.3 is 25.0 Å². The van der Waals surface area contributed by atoms with Crippen molar-refractivity contribution in [3.05, 3.63) is 23.4 Å². The predicted molar refractivity (Wildman–Crippen MR) is 93.1 cm³/mol. The van der Waals surface area contributed by atoms with Crippen LogP contribution < -0.4 is 10.6 Å². The number of ether oxygens (including phenoxy) is 2. The van der Waals surface area contributed by atoms with Crippen LogP contribution in [-0.4, -0.2) is 56.2 Å². The Kier molecular flexibility index (Phi) is 4.17. The summed E-state index contributed by atoms with van der Waals surface area (Å²) in [6, 6.07) is 4.34. The summed E-state index contributed by atoms with van der Waals surface area (Å²) in [6.45, 7) is 1.84. The summed E-state index contributed by atoms with van der Waals surface area (Å²) in [6.07, 6.45) is 2.30. The van der Waals surface area contributed by atoms with Gasteiger partial charge in [0.1, 0.15) is 5.82 Å². The van der Waals surface area contributed by atoms with Crippen LogP contribution in [0.4, 0.5) is 5.82 Å². The van der Waals surface area contributed by atoms with E-state index in [1.807, 2.05) is 12.1 Å². The third-order valence-electron chi connectivity index (χ3n) is 5.76. The number of carbonyl (C=O) groups is 1. The van der Waals surface area contributed by atoms with E-state index in [4.69, 9.17) is 9.47 Å². The van der Waals surface area contributed by atoms with Gasteiger partial charge in [-0.3, -0.25) is 4.79 Å². The van der Waals surface area contributed by atoms with E-state index in [0.717, 1.165) is 49.4 Å². The van der Waals surface area contributed by atoms with Gasteiger partial charge in [0.2, 0.25) is 12.2 Å². The second-order valence-electron chi connectivity index (χ2n) is 7.50. The highest BCUT2D eigenvalue weighted by atomic mass is 16.7. The number of pyridine rings is 1. The SMILES string of the molecule is COC(OC)c1ccc2c(n1)NC1CC2(NC(=O)C2CCN(C)C2)C1. The summed E-state index contributed by atoms with van der Waals surface area (Å²) < 4.78 is 10.6. The quantitative estimate of drug-likeness (QED) is 0.781. The molecule has 2 N–H and O–H groups in total. The minimum absolute atomic E-state index is 0.0929. The highest BCUT2D eigenvalue weighted by Crippen LogP contribution is 2.50. The molecule has 0 spiro atoms. The van der Waals surface area contributed by atoms with Crippen LogP contribution in [0.1, 0.15) is 36.8 Å². The number of rotatable bonds is 5. The maximum atomic E-state index is 12.7. The van der Waals surface area contributed by atoms with E-state index >= 15 is 0 Å². The molecule has 1 saturated carbocycles. The van der Waals surface area contributed by atoms with Gasteiger partial charge in [-0.15, -0.1) is 0 Å². The molecule has 5 rings (SSSR count). The predicted octanol–water partition coefficient (Wildman–Crippen LogP) is 1.22. The number of carbonyl (C=O) groups excluding carboxylic acids is 1. The summed E-state index contributed by atoms with van der Waals surface area (Å²) in [5, 5.41) is 6.81. The van der Waals surface area contributed by atoms with Crippen molar-refractivity contribution in [2.24, 2.45) is 5.92 Å². The van der Waals surface area contributed by atoms with Crippen molar-refractivity contribution in [2.75, 3.05) is 39.7 Å². The molecule has 4 aliphatic rings. The van der Waals surface area contributed by atoms with Crippen molar-refractivity contribution in [3.63, 3.8) is 0 Å². The average Bonchev–Trinajstić information content (AvgIpc) is 3.01. The Bertz CT molecular complexity index is 670. The number of nitrogens with one attached hydrogen (secondary N) is 2. The lowest BCUT2D eigenvalue weighted by molar-refractivity contribution is -0.128. The van der Waals surface area contributed by atoms with Gasteiger partial charge in [-0.2, -0.15) is 0 Å². The van der Waals surface area contributed by atoms with Gasteiger partial charge >= 0.3 is 0 Å². The van der Waals surface area contributed by atoms with Gasteiger partial charge in [0.15, 0.2) is 0 Å². The van der Waals surface area contributed by atoms with Crippen LogP contribution in [0.2, 0.25) is 0 Å². The Hall–Kier alpha value is -1.70. The second kappa shape index (κ2) is 6.23. The fourth-order valence-electron chi connectivity index (χ4n) is 4.39. The molecule has 1 aromatic rings. The zero-order chi connectivity index (χ0) is 17.6. The van der Waals surface area contributed by atoms with Crippen LogP contribution in [0.15, 0.2) is 12.1 Å². The van der Waals surface area contributed by atoms with Crippen LogP contribution in [0.3, 0.4) is 0 Å². The summed E-state index contributed by atoms with van der Waals surface area (Å²) in [4.78, 5) is 19.6. The highest BCUT2D eigenvalue weighted by Gasteiger charge is 2.52. The lowest BCUT2D eigenvalue weighted by Crippen LogP contribution is -2.63. The van der Waals surface area contributed by atoms with E-state index in [1.54, 1.807) is 14.2 Å². The lowest BCUT2D eigenvalue weighted by atomic mass is 9.65. The van der Waals surface area contributed by atoms with Crippen molar-refractivity contribution in [3.8, 4) is 0 Å². The molecule has 1 aliphatic carbocycles. The van der Waals surface area contributed by atoms with E-state index in [1.165, 1.54) is 0 Å². The van der Waals surface area contributed by atoms with Crippen LogP contribution >= 0.6 is 0 Å². The van der Waals surface area contributed by atoms with Gasteiger partial charge in [0.05, 0.1) is 17.2 Å². The van der Waals surface area contributed by atoms with Crippen molar-refractivity contribution >= 4 is 11.7 Å². The van der Waals surface area contributed by atoms with E-state index in [0.29, 0.717) is 6.04 Å². The van der Waals surface area contributed by atoms with Crippen molar-refractivity contribution in [2.45, 2.75) is 37.1 Å². The molecule has 136 valence electrons. The number of aromatic nitrogens is 1. The number of hydrogen-bond donors (Lipinski definition) is 2. The molecule has 1 aromatic heterocycles. The molecule has 1 amide bonds. The Morgan fingerprint density at radius 2 is 2.16 bits per heavy atom. The first-order valence-corrected chi connectivity index (χ1v) is 8.89. The van der Waals surface area contributed by atoms with Crippen molar-refractivity contribution in [1.82, 2.24) is 15.2 Å². The second-order valence-corrected chi connectivity index (χ2v) is 7.50. The first kappa shape index (κ1) is 16.8. The van der Waals surface area contributed by atoms with Gasteiger partial charge in [-0.05, 0) is 38.9 Å². The Labute approximate surface area is 148 Å². The van der Waals surface area contributed by atoms with Gasteiger partial charge in [-0.1, -0.05) is 6.07 Å². The molecular weight excluding hydrogens is 320 g/mol. The van der Waals surface area contributed by atoms with Crippen molar-refractivity contribution < 1.29 is 14.3 Å². The van der Waals surface area contributed by atoms with E-state index in [-0.39, 0.29) is 17.4 Å². The molecule has 25 heavy (non-hydrogen) atoms. The molecular formula is C18H26N4O3. The fraction of sp³-hybridized carbons (Fsp3) is 0.667. The molecule has 7 nitrogen and oxygen atoms in total. The molecule has 4 heterocycles. The Morgan fingerprint density at radius 1 is 1.40 bits per heavy atom. The van der Waals surface area contributed by atoms with Crippen LogP contribution in [0, 0.1) is 5.92 Å². The van der Waals surface area contributed by atoms with Crippen LogP contribution in [0.5, 0.6) is 0 Å². The molecule has 2 bridgehead atoms. The molecule has 2 fully saturated rings. The minimum atomic E-state index is -0.482. The summed E-state index contributed by atoms with van der Waals surface area (Å²) in [7, 11) is 5.26. The summed E-state index contributed by atoms with van der Waals surface area (Å²) >= 11 is 0. The summed E-state index contributed by atoms with van der Waals surface area (Å²) in [5.41, 5.74) is 1.53. The zero-order valence-corrected chi connectivity index (χ0v) is 15.0. The first-order chi connectivity index (χ1) is 12.0. The third kappa shape index (κ3) is 2.80. The molecule has 1 atom stereocenters. The summed E-state index contributed by atoms with van der Waals surface area (Å²) in [5.74, 6) is 1.10. The number of nitrogens with zero attached hydrogens (tertiary/aromatic N) is 2. The highest BCUT2D eigenvalue weighted by molar-refractivity contribution is 5.81. The largest absolute Gasteiger partial charge is 0.367 e. The van der Waals surface area contributed by atoms with Gasteiger partial charge in [-0.25, -0.2) is 4.98 Å². The number of methoxy groups -OCH3 is 2. The minimum Gasteiger partial charge on any atom is -0.367 e. The molecule has 3 aliphatic heterocycles. The van der Waals surface area contributed by atoms with Crippen LogP contribution in [-0.2, 0) is 19.8 Å². The maximum absolute atomic E-state index is 12.7. The monoisotopic (exact) mass is 346 g/mol. The molecule has 7 heteroatoms. The molecule has 0 aromatic carbocycles. The van der Waals surface area contributed by atoms with E-state index in [2.05, 4.69) is 27.6 Å². The topological polar surface area (TPSA) is 75.7 Å². The Morgan fingerprint density at radius 3 is 2.80 bits per heavy atom.